The molecule has 1 fully saturated rings. The normalized spacial score (nSPS) is 18.7. The Bertz CT molecular complexity index is 975. The summed E-state index contributed by atoms with van der Waals surface area (Å²) in [4.78, 5) is 43.1. The maximum Gasteiger partial charge on any atom is 0.308 e. The lowest BCUT2D eigenvalue weighted by molar-refractivity contribution is -0.146. The number of benzene rings is 1. The molecule has 0 aliphatic heterocycles. The van der Waals surface area contributed by atoms with E-state index in [1.807, 2.05) is 0 Å². The van der Waals surface area contributed by atoms with Gasteiger partial charge in [0.15, 0.2) is 5.69 Å². The topological polar surface area (TPSA) is 151 Å². The van der Waals surface area contributed by atoms with Crippen molar-refractivity contribution in [2.24, 2.45) is 11.7 Å². The molecule has 152 valence electrons. The monoisotopic (exact) mass is 397 g/mol. The average molecular weight is 397 g/mol. The number of nitrogens with one attached hydrogen (secondary N) is 3. The second kappa shape index (κ2) is 8.68. The van der Waals surface area contributed by atoms with Crippen LogP contribution in [0.25, 0.3) is 11.3 Å². The number of hydrogen-bond acceptors (Lipinski definition) is 6. The highest BCUT2D eigenvalue weighted by Gasteiger charge is 2.28. The highest BCUT2D eigenvalue weighted by Crippen LogP contribution is 2.25. The second-order valence-corrected chi connectivity index (χ2v) is 7.00. The van der Waals surface area contributed by atoms with E-state index in [1.165, 1.54) is 13.3 Å². The summed E-state index contributed by atoms with van der Waals surface area (Å²) >= 11 is 0. The first-order valence-corrected chi connectivity index (χ1v) is 9.32. The van der Waals surface area contributed by atoms with Crippen molar-refractivity contribution in [2.75, 3.05) is 7.11 Å². The molecule has 0 radical (unpaired) electrons. The molecular formula is C20H23N5O4. The molecule has 29 heavy (non-hydrogen) atoms. The number of aromatic nitrogens is 2. The van der Waals surface area contributed by atoms with E-state index in [0.717, 1.165) is 0 Å². The van der Waals surface area contributed by atoms with Crippen LogP contribution in [0.2, 0.25) is 0 Å². The Morgan fingerprint density at radius 3 is 2.45 bits per heavy atom. The Labute approximate surface area is 167 Å². The van der Waals surface area contributed by atoms with E-state index in [9.17, 15) is 14.4 Å². The first-order valence-electron chi connectivity index (χ1n) is 9.32. The molecule has 9 heteroatoms. The van der Waals surface area contributed by atoms with Crippen LogP contribution in [-0.4, -0.2) is 40.8 Å². The van der Waals surface area contributed by atoms with E-state index < -0.39 is 11.5 Å². The van der Waals surface area contributed by atoms with Crippen LogP contribution in [0.1, 0.15) is 41.7 Å². The summed E-state index contributed by atoms with van der Waals surface area (Å²) in [6.45, 7) is 0. The molecule has 0 atom stereocenters. The summed E-state index contributed by atoms with van der Waals surface area (Å²) < 4.78 is 4.77. The van der Waals surface area contributed by atoms with Crippen molar-refractivity contribution >= 4 is 17.7 Å². The summed E-state index contributed by atoms with van der Waals surface area (Å²) in [5.41, 5.74) is 6.34. The van der Waals surface area contributed by atoms with Crippen molar-refractivity contribution in [2.45, 2.75) is 31.7 Å². The lowest BCUT2D eigenvalue weighted by Gasteiger charge is -2.27. The number of esters is 1. The molecule has 0 saturated heterocycles. The molecule has 1 aromatic heterocycles. The van der Waals surface area contributed by atoms with Gasteiger partial charge in [0, 0.05) is 23.4 Å². The van der Waals surface area contributed by atoms with Gasteiger partial charge in [0.25, 0.3) is 11.5 Å². The van der Waals surface area contributed by atoms with Gasteiger partial charge >= 0.3 is 5.97 Å². The minimum atomic E-state index is -0.574. The SMILES string of the molecule is COC(=O)C1CCC(NC(=O)c2nc(-c3ccc(C(=N)N)cc3)c[nH]c2=O)CC1. The summed E-state index contributed by atoms with van der Waals surface area (Å²) in [5, 5.41) is 10.3. The fourth-order valence-corrected chi connectivity index (χ4v) is 3.42. The Hall–Kier alpha value is -3.49. The number of nitrogen functional groups attached to an aromatic ring is 1. The summed E-state index contributed by atoms with van der Waals surface area (Å²) in [6, 6.07) is 6.65. The summed E-state index contributed by atoms with van der Waals surface area (Å²) in [5.74, 6) is -0.963. The van der Waals surface area contributed by atoms with Crippen LogP contribution in [0.3, 0.4) is 0 Å². The number of methoxy groups -OCH3 is 1. The molecular weight excluding hydrogens is 374 g/mol. The Balaban J connectivity index is 1.71. The lowest BCUT2D eigenvalue weighted by atomic mass is 9.86. The van der Waals surface area contributed by atoms with E-state index >= 15 is 0 Å². The number of ether oxygens (including phenoxy) is 1. The molecule has 0 bridgehead atoms. The molecule has 1 aliphatic carbocycles. The van der Waals surface area contributed by atoms with Crippen molar-refractivity contribution in [1.29, 1.82) is 5.41 Å². The van der Waals surface area contributed by atoms with Crippen LogP contribution in [0.15, 0.2) is 35.3 Å². The van der Waals surface area contributed by atoms with Gasteiger partial charge in [-0.25, -0.2) is 4.98 Å². The van der Waals surface area contributed by atoms with Crippen molar-refractivity contribution < 1.29 is 14.3 Å². The van der Waals surface area contributed by atoms with Gasteiger partial charge in [-0.2, -0.15) is 0 Å². The molecule has 0 unspecified atom stereocenters. The zero-order valence-electron chi connectivity index (χ0n) is 16.0. The number of nitrogens with two attached hydrogens (primary N) is 1. The lowest BCUT2D eigenvalue weighted by Crippen LogP contribution is -2.41. The van der Waals surface area contributed by atoms with E-state index in [-0.39, 0.29) is 29.5 Å². The van der Waals surface area contributed by atoms with Crippen LogP contribution in [0.4, 0.5) is 0 Å². The molecule has 3 rings (SSSR count). The van der Waals surface area contributed by atoms with E-state index in [0.29, 0.717) is 42.5 Å². The third-order valence-electron chi connectivity index (χ3n) is 5.09. The molecule has 5 N–H and O–H groups in total. The molecule has 0 spiro atoms. The quantitative estimate of drug-likeness (QED) is 0.338. The molecule has 1 heterocycles. The fraction of sp³-hybridized carbons (Fsp3) is 0.350. The van der Waals surface area contributed by atoms with Crippen LogP contribution in [0.5, 0.6) is 0 Å². The van der Waals surface area contributed by atoms with Crippen LogP contribution >= 0.6 is 0 Å². The van der Waals surface area contributed by atoms with Gasteiger partial charge in [-0.05, 0) is 25.7 Å². The van der Waals surface area contributed by atoms with Crippen molar-refractivity contribution in [3.63, 3.8) is 0 Å². The Morgan fingerprint density at radius 1 is 1.21 bits per heavy atom. The number of carbonyl (C=O) groups is 2. The van der Waals surface area contributed by atoms with Gasteiger partial charge in [0.05, 0.1) is 18.7 Å². The number of carbonyl (C=O) groups excluding carboxylic acids is 2. The Kier molecular flexibility index (Phi) is 6.06. The van der Waals surface area contributed by atoms with Gasteiger partial charge in [-0.1, -0.05) is 24.3 Å². The van der Waals surface area contributed by atoms with Crippen molar-refractivity contribution in [3.05, 3.63) is 52.1 Å². The Morgan fingerprint density at radius 2 is 1.86 bits per heavy atom. The maximum atomic E-state index is 12.6. The predicted molar refractivity (Wildman–Crippen MR) is 107 cm³/mol. The number of nitrogens with zero attached hydrogens (tertiary/aromatic N) is 1. The van der Waals surface area contributed by atoms with Gasteiger partial charge in [-0.15, -0.1) is 0 Å². The summed E-state index contributed by atoms with van der Waals surface area (Å²) in [7, 11) is 1.37. The molecule has 1 aliphatic rings. The highest BCUT2D eigenvalue weighted by molar-refractivity contribution is 5.95. The number of H-pyrrole nitrogens is 1. The third kappa shape index (κ3) is 4.68. The van der Waals surface area contributed by atoms with Crippen LogP contribution < -0.4 is 16.6 Å². The van der Waals surface area contributed by atoms with Crippen LogP contribution in [-0.2, 0) is 9.53 Å². The minimum Gasteiger partial charge on any atom is -0.469 e. The number of amides is 1. The van der Waals surface area contributed by atoms with Gasteiger partial charge in [-0.3, -0.25) is 19.8 Å². The molecule has 1 aromatic carbocycles. The number of hydrogen-bond donors (Lipinski definition) is 4. The largest absolute Gasteiger partial charge is 0.469 e. The minimum absolute atomic E-state index is 0.0482. The van der Waals surface area contributed by atoms with Gasteiger partial charge < -0.3 is 20.8 Å². The van der Waals surface area contributed by atoms with Crippen molar-refractivity contribution in [3.8, 4) is 11.3 Å². The summed E-state index contributed by atoms with van der Waals surface area (Å²) in [6.07, 6.45) is 3.96. The smallest absolute Gasteiger partial charge is 0.308 e. The third-order valence-corrected chi connectivity index (χ3v) is 5.09. The highest BCUT2D eigenvalue weighted by atomic mass is 16.5. The van der Waals surface area contributed by atoms with Gasteiger partial charge in [0.2, 0.25) is 0 Å². The number of aromatic amines is 1. The van der Waals surface area contributed by atoms with Gasteiger partial charge in [0.1, 0.15) is 5.84 Å². The molecule has 9 nitrogen and oxygen atoms in total. The predicted octanol–water partition coefficient (Wildman–Crippen LogP) is 1.18. The average Bonchev–Trinajstić information content (AvgIpc) is 2.74. The van der Waals surface area contributed by atoms with Crippen molar-refractivity contribution in [1.82, 2.24) is 15.3 Å². The first-order chi connectivity index (χ1) is 13.9. The number of rotatable bonds is 5. The number of amidine groups is 1. The first kappa shape index (κ1) is 20.2. The molecule has 1 saturated carbocycles. The zero-order valence-corrected chi connectivity index (χ0v) is 16.0. The standard InChI is InChI=1S/C20H23N5O4/c1-29-20(28)13-6-8-14(9-7-13)24-19(27)16-18(26)23-10-15(25-16)11-2-4-12(5-3-11)17(21)22/h2-5,10,13-14H,6-9H2,1H3,(H3,21,22)(H,23,26)(H,24,27). The van der Waals surface area contributed by atoms with Crippen LogP contribution in [0, 0.1) is 11.3 Å². The van der Waals surface area contributed by atoms with E-state index in [1.54, 1.807) is 24.3 Å². The van der Waals surface area contributed by atoms with E-state index in [2.05, 4.69) is 15.3 Å². The molecule has 1 amide bonds. The fourth-order valence-electron chi connectivity index (χ4n) is 3.42. The maximum absolute atomic E-state index is 12.6. The zero-order chi connectivity index (χ0) is 21.0. The molecule has 2 aromatic rings. The second-order valence-electron chi connectivity index (χ2n) is 7.00. The van der Waals surface area contributed by atoms with E-state index in [4.69, 9.17) is 15.9 Å².